The number of hydrogen-bond donors (Lipinski definition) is 2. The van der Waals surface area contributed by atoms with E-state index in [0.717, 1.165) is 0 Å². The van der Waals surface area contributed by atoms with Gasteiger partial charge in [0, 0.05) is 25.8 Å². The van der Waals surface area contributed by atoms with E-state index >= 15 is 0 Å². The van der Waals surface area contributed by atoms with Crippen molar-refractivity contribution in [3.8, 4) is 0 Å². The summed E-state index contributed by atoms with van der Waals surface area (Å²) in [5.41, 5.74) is 0.656. The van der Waals surface area contributed by atoms with Gasteiger partial charge in [-0.3, -0.25) is 4.79 Å². The van der Waals surface area contributed by atoms with E-state index in [1.165, 1.54) is 12.0 Å². The molecule has 0 saturated carbocycles. The zero-order valence-electron chi connectivity index (χ0n) is 13.3. The first-order chi connectivity index (χ1) is 11.0. The molecule has 0 spiro atoms. The Morgan fingerprint density at radius 3 is 2.74 bits per heavy atom. The SMILES string of the molecule is CCC(COC)NC(=O)O[C@@]1(O)CCN(c2ccccc2)C1=O. The highest BCUT2D eigenvalue weighted by Crippen LogP contribution is 2.29. The van der Waals surface area contributed by atoms with Gasteiger partial charge >= 0.3 is 6.09 Å². The average molecular weight is 322 g/mol. The summed E-state index contributed by atoms with van der Waals surface area (Å²) in [6.07, 6.45) is -0.166. The smallest absolute Gasteiger partial charge is 0.407 e. The van der Waals surface area contributed by atoms with Gasteiger partial charge < -0.3 is 24.8 Å². The van der Waals surface area contributed by atoms with Crippen LogP contribution in [0.1, 0.15) is 19.8 Å². The van der Waals surface area contributed by atoms with E-state index in [-0.39, 0.29) is 19.0 Å². The molecular formula is C16H22N2O5. The lowest BCUT2D eigenvalue weighted by Crippen LogP contribution is -2.48. The first-order valence-corrected chi connectivity index (χ1v) is 7.58. The molecule has 1 heterocycles. The number of carbonyl (C=O) groups excluding carboxylic acids is 2. The van der Waals surface area contributed by atoms with E-state index in [0.29, 0.717) is 18.7 Å². The van der Waals surface area contributed by atoms with Crippen molar-refractivity contribution in [2.24, 2.45) is 0 Å². The Morgan fingerprint density at radius 2 is 2.13 bits per heavy atom. The van der Waals surface area contributed by atoms with Crippen LogP contribution in [0.4, 0.5) is 10.5 Å². The first kappa shape index (κ1) is 17.2. The summed E-state index contributed by atoms with van der Waals surface area (Å²) < 4.78 is 9.98. The Kier molecular flexibility index (Phi) is 5.57. The van der Waals surface area contributed by atoms with Crippen molar-refractivity contribution in [3.05, 3.63) is 30.3 Å². The third-order valence-corrected chi connectivity index (χ3v) is 3.77. The van der Waals surface area contributed by atoms with E-state index in [9.17, 15) is 14.7 Å². The van der Waals surface area contributed by atoms with Gasteiger partial charge in [-0.05, 0) is 18.6 Å². The third-order valence-electron chi connectivity index (χ3n) is 3.77. The molecule has 1 unspecified atom stereocenters. The summed E-state index contributed by atoms with van der Waals surface area (Å²) in [6, 6.07) is 8.71. The van der Waals surface area contributed by atoms with Crippen molar-refractivity contribution >= 4 is 17.7 Å². The monoisotopic (exact) mass is 322 g/mol. The molecule has 1 fully saturated rings. The molecule has 0 aliphatic carbocycles. The van der Waals surface area contributed by atoms with Crippen LogP contribution in [0.15, 0.2) is 30.3 Å². The van der Waals surface area contributed by atoms with Gasteiger partial charge in [-0.15, -0.1) is 0 Å². The molecule has 2 rings (SSSR count). The predicted molar refractivity (Wildman–Crippen MR) is 83.9 cm³/mol. The average Bonchev–Trinajstić information content (AvgIpc) is 2.83. The molecule has 2 atom stereocenters. The number of aliphatic hydroxyl groups is 1. The lowest BCUT2D eigenvalue weighted by atomic mass is 10.2. The minimum Gasteiger partial charge on any atom is -0.407 e. The lowest BCUT2D eigenvalue weighted by Gasteiger charge is -2.24. The maximum Gasteiger partial charge on any atom is 0.410 e. The molecule has 1 aromatic rings. The Labute approximate surface area is 135 Å². The van der Waals surface area contributed by atoms with Crippen LogP contribution in [-0.4, -0.2) is 49.2 Å². The van der Waals surface area contributed by atoms with Crippen LogP contribution in [-0.2, 0) is 14.3 Å². The molecule has 23 heavy (non-hydrogen) atoms. The Morgan fingerprint density at radius 1 is 1.43 bits per heavy atom. The fourth-order valence-corrected chi connectivity index (χ4v) is 2.44. The second-order valence-corrected chi connectivity index (χ2v) is 5.42. The van der Waals surface area contributed by atoms with Crippen molar-refractivity contribution < 1.29 is 24.2 Å². The number of nitrogens with one attached hydrogen (secondary N) is 1. The van der Waals surface area contributed by atoms with Gasteiger partial charge in [0.15, 0.2) is 0 Å². The molecule has 2 amide bonds. The largest absolute Gasteiger partial charge is 0.410 e. The zero-order valence-corrected chi connectivity index (χ0v) is 13.3. The van der Waals surface area contributed by atoms with Crippen molar-refractivity contribution in [3.63, 3.8) is 0 Å². The quantitative estimate of drug-likeness (QED) is 0.770. The summed E-state index contributed by atoms with van der Waals surface area (Å²) in [4.78, 5) is 25.7. The van der Waals surface area contributed by atoms with Gasteiger partial charge in [-0.25, -0.2) is 4.79 Å². The number of rotatable bonds is 6. The molecule has 1 saturated heterocycles. The number of methoxy groups -OCH3 is 1. The van der Waals surface area contributed by atoms with Gasteiger partial charge in [-0.1, -0.05) is 25.1 Å². The number of hydrogen-bond acceptors (Lipinski definition) is 5. The number of alkyl carbamates (subject to hydrolysis) is 1. The molecule has 2 N–H and O–H groups in total. The molecule has 1 aromatic carbocycles. The van der Waals surface area contributed by atoms with E-state index in [1.54, 1.807) is 24.3 Å². The zero-order chi connectivity index (χ0) is 16.9. The first-order valence-electron chi connectivity index (χ1n) is 7.58. The minimum absolute atomic E-state index is 0.0230. The van der Waals surface area contributed by atoms with Crippen molar-refractivity contribution in [1.29, 1.82) is 0 Å². The number of anilines is 1. The van der Waals surface area contributed by atoms with E-state index in [2.05, 4.69) is 5.32 Å². The number of carbonyl (C=O) groups is 2. The van der Waals surface area contributed by atoms with Gasteiger partial charge in [0.25, 0.3) is 11.7 Å². The minimum atomic E-state index is -2.13. The van der Waals surface area contributed by atoms with E-state index < -0.39 is 17.8 Å². The second-order valence-electron chi connectivity index (χ2n) is 5.42. The molecule has 0 radical (unpaired) electrons. The Balaban J connectivity index is 2.00. The molecule has 0 aromatic heterocycles. The Bertz CT molecular complexity index is 551. The summed E-state index contributed by atoms with van der Waals surface area (Å²) in [5.74, 6) is -2.77. The maximum absolute atomic E-state index is 12.4. The van der Waals surface area contributed by atoms with Crippen molar-refractivity contribution in [2.45, 2.75) is 31.6 Å². The van der Waals surface area contributed by atoms with Crippen LogP contribution in [0.3, 0.4) is 0 Å². The fraction of sp³-hybridized carbons (Fsp3) is 0.500. The van der Waals surface area contributed by atoms with Gasteiger partial charge in [0.2, 0.25) is 0 Å². The molecule has 7 heteroatoms. The Hall–Kier alpha value is -2.12. The fourth-order valence-electron chi connectivity index (χ4n) is 2.44. The predicted octanol–water partition coefficient (Wildman–Crippen LogP) is 1.26. The molecule has 0 bridgehead atoms. The standard InChI is InChI=1S/C16H22N2O5/c1-3-12(11-22-2)17-15(20)23-16(21)9-10-18(14(16)19)13-7-5-4-6-8-13/h4-8,12,21H,3,9-11H2,1-2H3,(H,17,20)/t12?,16-/m0/s1. The number of para-hydroxylation sites is 1. The summed E-state index contributed by atoms with van der Waals surface area (Å²) in [6.45, 7) is 2.49. The molecule has 1 aliphatic rings. The van der Waals surface area contributed by atoms with Crippen LogP contribution in [0.5, 0.6) is 0 Å². The number of benzene rings is 1. The van der Waals surface area contributed by atoms with Gasteiger partial charge in [0.05, 0.1) is 12.6 Å². The molecule has 7 nitrogen and oxygen atoms in total. The van der Waals surface area contributed by atoms with Crippen LogP contribution < -0.4 is 10.2 Å². The van der Waals surface area contributed by atoms with Crippen molar-refractivity contribution in [2.75, 3.05) is 25.2 Å². The number of amides is 2. The summed E-state index contributed by atoms with van der Waals surface area (Å²) in [5, 5.41) is 12.9. The van der Waals surface area contributed by atoms with Gasteiger partial charge in [0.1, 0.15) is 0 Å². The highest BCUT2D eigenvalue weighted by Gasteiger charge is 2.49. The normalized spacial score (nSPS) is 22.0. The lowest BCUT2D eigenvalue weighted by molar-refractivity contribution is -0.175. The maximum atomic E-state index is 12.4. The number of ether oxygens (including phenoxy) is 2. The van der Waals surface area contributed by atoms with E-state index in [4.69, 9.17) is 9.47 Å². The summed E-state index contributed by atoms with van der Waals surface area (Å²) >= 11 is 0. The third kappa shape index (κ3) is 4.00. The molecular weight excluding hydrogens is 300 g/mol. The van der Waals surface area contributed by atoms with Crippen LogP contribution in [0.25, 0.3) is 0 Å². The molecule has 1 aliphatic heterocycles. The van der Waals surface area contributed by atoms with Crippen LogP contribution in [0, 0.1) is 0 Å². The van der Waals surface area contributed by atoms with Crippen LogP contribution in [0.2, 0.25) is 0 Å². The topological polar surface area (TPSA) is 88.1 Å². The summed E-state index contributed by atoms with van der Waals surface area (Å²) in [7, 11) is 1.53. The number of nitrogens with zero attached hydrogens (tertiary/aromatic N) is 1. The molecule has 126 valence electrons. The van der Waals surface area contributed by atoms with Gasteiger partial charge in [-0.2, -0.15) is 0 Å². The van der Waals surface area contributed by atoms with Crippen LogP contribution >= 0.6 is 0 Å². The van der Waals surface area contributed by atoms with Crippen molar-refractivity contribution in [1.82, 2.24) is 5.32 Å². The second kappa shape index (κ2) is 7.43. The highest BCUT2D eigenvalue weighted by molar-refractivity contribution is 6.01. The highest BCUT2D eigenvalue weighted by atomic mass is 16.7. The van der Waals surface area contributed by atoms with E-state index in [1.807, 2.05) is 13.0 Å².